The van der Waals surface area contributed by atoms with Crippen molar-refractivity contribution in [3.8, 4) is 0 Å². The Morgan fingerprint density at radius 1 is 1.26 bits per heavy atom. The summed E-state index contributed by atoms with van der Waals surface area (Å²) in [6.07, 6.45) is 5.67. The van der Waals surface area contributed by atoms with Crippen LogP contribution in [0.25, 0.3) is 0 Å². The Morgan fingerprint density at radius 3 is 2.32 bits per heavy atom. The Hall–Kier alpha value is -0.845. The summed E-state index contributed by atoms with van der Waals surface area (Å²) < 4.78 is 13.8. The largest absolute Gasteiger partial charge is 0.498 e. The van der Waals surface area contributed by atoms with Crippen molar-refractivity contribution in [3.63, 3.8) is 0 Å². The summed E-state index contributed by atoms with van der Waals surface area (Å²) in [5.41, 5.74) is 0.0579. The lowest BCUT2D eigenvalue weighted by Gasteiger charge is -2.32. The van der Waals surface area contributed by atoms with Crippen LogP contribution in [0.5, 0.6) is 0 Å². The van der Waals surface area contributed by atoms with Crippen LogP contribution in [0.15, 0.2) is 12.4 Å². The predicted molar refractivity (Wildman–Crippen MR) is 72.2 cm³/mol. The predicted octanol–water partition coefficient (Wildman–Crippen LogP) is 0.664. The van der Waals surface area contributed by atoms with Crippen LogP contribution in [0.1, 0.15) is 40.5 Å². The molecule has 0 spiro atoms. The van der Waals surface area contributed by atoms with Gasteiger partial charge in [-0.2, -0.15) is 5.10 Å². The average molecular weight is 264 g/mol. The van der Waals surface area contributed by atoms with Gasteiger partial charge in [0.25, 0.3) is 0 Å². The van der Waals surface area contributed by atoms with Gasteiger partial charge in [0.1, 0.15) is 0 Å². The van der Waals surface area contributed by atoms with Crippen LogP contribution in [0.3, 0.4) is 0 Å². The molecule has 1 aliphatic carbocycles. The van der Waals surface area contributed by atoms with E-state index in [0.717, 1.165) is 18.3 Å². The minimum atomic E-state index is -0.381. The first-order chi connectivity index (χ1) is 8.80. The highest BCUT2D eigenvalue weighted by atomic mass is 16.7. The summed E-state index contributed by atoms with van der Waals surface area (Å²) in [4.78, 5) is 0. The van der Waals surface area contributed by atoms with Gasteiger partial charge in [-0.25, -0.2) is 0 Å². The van der Waals surface area contributed by atoms with E-state index >= 15 is 0 Å². The minimum absolute atomic E-state index is 0.136. The first-order valence-electron chi connectivity index (χ1n) is 6.81. The van der Waals surface area contributed by atoms with Crippen LogP contribution >= 0.6 is 0 Å². The lowest BCUT2D eigenvalue weighted by Crippen LogP contribution is -2.41. The number of nitrogens with zero attached hydrogens (tertiary/aromatic N) is 2. The maximum Gasteiger partial charge on any atom is 0.498 e. The van der Waals surface area contributed by atoms with Crippen molar-refractivity contribution in [2.24, 2.45) is 0 Å². The molecule has 0 radical (unpaired) electrons. The number of rotatable bonds is 3. The molecule has 0 bridgehead atoms. The molecule has 0 amide bonds. The zero-order valence-electron chi connectivity index (χ0n) is 12.0. The van der Waals surface area contributed by atoms with Gasteiger partial charge in [-0.3, -0.25) is 4.68 Å². The van der Waals surface area contributed by atoms with Gasteiger partial charge in [0, 0.05) is 17.9 Å². The molecule has 2 fully saturated rings. The Labute approximate surface area is 114 Å². The van der Waals surface area contributed by atoms with Crippen LogP contribution in [-0.4, -0.2) is 39.8 Å². The molecule has 5 nitrogen and oxygen atoms in total. The number of aliphatic hydroxyl groups excluding tert-OH is 1. The average Bonchev–Trinajstić information content (AvgIpc) is 2.89. The van der Waals surface area contributed by atoms with Crippen molar-refractivity contribution < 1.29 is 14.4 Å². The van der Waals surface area contributed by atoms with Crippen molar-refractivity contribution >= 4 is 12.6 Å². The molecule has 1 N–H and O–H groups in total. The van der Waals surface area contributed by atoms with Gasteiger partial charge in [0.2, 0.25) is 0 Å². The molecule has 2 aliphatic rings. The maximum atomic E-state index is 9.43. The van der Waals surface area contributed by atoms with Gasteiger partial charge >= 0.3 is 7.12 Å². The van der Waals surface area contributed by atoms with Crippen molar-refractivity contribution in [2.45, 2.75) is 57.3 Å². The number of hydrogen-bond donors (Lipinski definition) is 1. The molecule has 104 valence electrons. The monoisotopic (exact) mass is 264 g/mol. The summed E-state index contributed by atoms with van der Waals surface area (Å²) in [6.45, 7) is 8.28. The van der Waals surface area contributed by atoms with Crippen molar-refractivity contribution in [3.05, 3.63) is 12.4 Å². The van der Waals surface area contributed by atoms with E-state index in [4.69, 9.17) is 9.31 Å². The Balaban J connectivity index is 1.82. The number of aromatic nitrogens is 2. The Morgan fingerprint density at radius 2 is 1.84 bits per heavy atom. The van der Waals surface area contributed by atoms with E-state index in [1.165, 1.54) is 0 Å². The van der Waals surface area contributed by atoms with Crippen molar-refractivity contribution in [1.29, 1.82) is 0 Å². The van der Waals surface area contributed by atoms with E-state index in [1.54, 1.807) is 6.20 Å². The summed E-state index contributed by atoms with van der Waals surface area (Å²) in [6, 6.07) is 0. The maximum absolute atomic E-state index is 9.43. The minimum Gasteiger partial charge on any atom is -0.399 e. The highest BCUT2D eigenvalue weighted by Gasteiger charge is 2.53. The van der Waals surface area contributed by atoms with Crippen molar-refractivity contribution in [2.75, 3.05) is 6.61 Å². The molecule has 1 aromatic rings. The fourth-order valence-electron chi connectivity index (χ4n) is 2.30. The fourth-order valence-corrected chi connectivity index (χ4v) is 2.30. The molecular formula is C13H21BN2O3. The van der Waals surface area contributed by atoms with Crippen molar-refractivity contribution in [1.82, 2.24) is 9.78 Å². The van der Waals surface area contributed by atoms with E-state index in [0.29, 0.717) is 0 Å². The molecule has 1 saturated carbocycles. The number of hydrogen-bond acceptors (Lipinski definition) is 4. The zero-order chi connectivity index (χ0) is 13.9. The van der Waals surface area contributed by atoms with Crippen LogP contribution in [0.4, 0.5) is 0 Å². The van der Waals surface area contributed by atoms with Crippen LogP contribution in [0, 0.1) is 0 Å². The molecule has 2 heterocycles. The van der Waals surface area contributed by atoms with Gasteiger partial charge in [-0.05, 0) is 40.5 Å². The highest BCUT2D eigenvalue weighted by Crippen LogP contribution is 2.42. The lowest BCUT2D eigenvalue weighted by atomic mass is 9.82. The molecule has 19 heavy (non-hydrogen) atoms. The Kier molecular flexibility index (Phi) is 2.66. The molecule has 6 heteroatoms. The molecule has 1 aliphatic heterocycles. The van der Waals surface area contributed by atoms with E-state index in [1.807, 2.05) is 38.6 Å². The van der Waals surface area contributed by atoms with E-state index < -0.39 is 0 Å². The quantitative estimate of drug-likeness (QED) is 0.815. The smallest absolute Gasteiger partial charge is 0.399 e. The summed E-state index contributed by atoms with van der Waals surface area (Å²) in [5.74, 6) is 0. The summed E-state index contributed by atoms with van der Waals surface area (Å²) in [5, 5.41) is 13.8. The molecule has 0 atom stereocenters. The SMILES string of the molecule is CC1(C)OB(c2cnn(C3(CO)CC3)c2)OC1(C)C. The van der Waals surface area contributed by atoms with Crippen LogP contribution in [0.2, 0.25) is 0 Å². The summed E-state index contributed by atoms with van der Waals surface area (Å²) in [7, 11) is -0.381. The summed E-state index contributed by atoms with van der Waals surface area (Å²) >= 11 is 0. The second-order valence-corrected chi connectivity index (χ2v) is 6.69. The fraction of sp³-hybridized carbons (Fsp3) is 0.769. The zero-order valence-corrected chi connectivity index (χ0v) is 12.0. The van der Waals surface area contributed by atoms with Crippen LogP contribution in [-0.2, 0) is 14.8 Å². The van der Waals surface area contributed by atoms with Gasteiger partial charge in [0.05, 0.1) is 23.3 Å². The first-order valence-corrected chi connectivity index (χ1v) is 6.81. The Bertz CT molecular complexity index is 478. The number of aliphatic hydroxyl groups is 1. The standard InChI is InChI=1S/C13H21BN2O3/c1-11(2)12(3,4)19-14(18-11)10-7-15-16(8-10)13(9-17)5-6-13/h7-8,17H,5-6,9H2,1-4H3. The second kappa shape index (κ2) is 3.84. The van der Waals surface area contributed by atoms with Gasteiger partial charge in [-0.1, -0.05) is 0 Å². The molecule has 3 rings (SSSR count). The van der Waals surface area contributed by atoms with E-state index in [9.17, 15) is 5.11 Å². The second-order valence-electron chi connectivity index (χ2n) is 6.69. The van der Waals surface area contributed by atoms with E-state index in [2.05, 4.69) is 5.10 Å². The van der Waals surface area contributed by atoms with Gasteiger partial charge in [-0.15, -0.1) is 0 Å². The topological polar surface area (TPSA) is 56.5 Å². The van der Waals surface area contributed by atoms with Gasteiger partial charge < -0.3 is 14.4 Å². The third-order valence-electron chi connectivity index (χ3n) is 4.74. The lowest BCUT2D eigenvalue weighted by molar-refractivity contribution is 0.00578. The first kappa shape index (κ1) is 13.2. The third kappa shape index (κ3) is 1.93. The highest BCUT2D eigenvalue weighted by molar-refractivity contribution is 6.62. The molecule has 0 unspecified atom stereocenters. The molecule has 1 aromatic heterocycles. The molecular weight excluding hydrogens is 243 g/mol. The van der Waals surface area contributed by atoms with Gasteiger partial charge in [0.15, 0.2) is 0 Å². The molecule has 1 saturated heterocycles. The van der Waals surface area contributed by atoms with Crippen LogP contribution < -0.4 is 5.46 Å². The molecule has 0 aromatic carbocycles. The van der Waals surface area contributed by atoms with E-state index in [-0.39, 0.29) is 30.5 Å². The normalized spacial score (nSPS) is 26.7. The third-order valence-corrected chi connectivity index (χ3v) is 4.74.